The third kappa shape index (κ3) is 5.47. The molecule has 0 radical (unpaired) electrons. The molecule has 0 atom stereocenters. The third-order valence-corrected chi connectivity index (χ3v) is 7.17. The zero-order valence-corrected chi connectivity index (χ0v) is 22.6. The van der Waals surface area contributed by atoms with E-state index >= 15 is 0 Å². The summed E-state index contributed by atoms with van der Waals surface area (Å²) in [6.07, 6.45) is 1.86. The number of hydrogen-bond acceptors (Lipinski definition) is 2. The second-order valence-electron chi connectivity index (χ2n) is 9.78. The van der Waals surface area contributed by atoms with Gasteiger partial charge in [0.2, 0.25) is 0 Å². The van der Waals surface area contributed by atoms with Crippen LogP contribution in [-0.4, -0.2) is 10.1 Å². The second kappa shape index (κ2) is 11.7. The lowest BCUT2D eigenvalue weighted by atomic mass is 9.97. The molecule has 0 fully saturated rings. The summed E-state index contributed by atoms with van der Waals surface area (Å²) in [7, 11) is 0. The van der Waals surface area contributed by atoms with Crippen LogP contribution in [0.5, 0.6) is 5.75 Å². The Hall–Kier alpha value is -5.54. The Kier molecular flexibility index (Phi) is 7.33. The standard InChI is InChI=1S/C32H24N2O.C6H6/c1-2-21-9-6-7-13-28(21)33-30-14-8-12-25-27-20-23(15-17-29(27)34-32(25)30)24-16-18-31(35)26(19-24)22-10-4-3-5-11-22;1-2-4-6-5-3-1/h2-20,33-35H,1H2;1-6H. The molecule has 0 aliphatic carbocycles. The highest BCUT2D eigenvalue weighted by molar-refractivity contribution is 6.12. The smallest absolute Gasteiger partial charge is 0.123 e. The van der Waals surface area contributed by atoms with Gasteiger partial charge in [0.05, 0.1) is 11.2 Å². The molecule has 1 aromatic heterocycles. The summed E-state index contributed by atoms with van der Waals surface area (Å²) in [5, 5.41) is 16.4. The Labute approximate surface area is 240 Å². The number of benzene rings is 6. The van der Waals surface area contributed by atoms with Crippen molar-refractivity contribution in [2.24, 2.45) is 0 Å². The molecule has 7 rings (SSSR count). The molecular weight excluding hydrogens is 500 g/mol. The summed E-state index contributed by atoms with van der Waals surface area (Å²) in [5.41, 5.74) is 9.23. The van der Waals surface area contributed by atoms with Crippen molar-refractivity contribution in [1.82, 2.24) is 4.98 Å². The number of hydrogen-bond donors (Lipinski definition) is 3. The normalized spacial score (nSPS) is 10.6. The minimum Gasteiger partial charge on any atom is -0.507 e. The second-order valence-corrected chi connectivity index (χ2v) is 9.78. The van der Waals surface area contributed by atoms with Crippen molar-refractivity contribution in [2.45, 2.75) is 0 Å². The molecule has 0 bridgehead atoms. The van der Waals surface area contributed by atoms with Gasteiger partial charge in [-0.2, -0.15) is 0 Å². The Balaban J connectivity index is 0.000000449. The molecule has 0 amide bonds. The van der Waals surface area contributed by atoms with E-state index in [1.54, 1.807) is 6.07 Å². The van der Waals surface area contributed by atoms with E-state index < -0.39 is 0 Å². The number of phenols is 1. The highest BCUT2D eigenvalue weighted by Gasteiger charge is 2.12. The van der Waals surface area contributed by atoms with Crippen molar-refractivity contribution in [3.8, 4) is 28.0 Å². The van der Waals surface area contributed by atoms with Gasteiger partial charge in [0.15, 0.2) is 0 Å². The lowest BCUT2D eigenvalue weighted by Crippen LogP contribution is -1.93. The van der Waals surface area contributed by atoms with Gasteiger partial charge in [0.25, 0.3) is 0 Å². The molecule has 0 saturated carbocycles. The summed E-state index contributed by atoms with van der Waals surface area (Å²) in [5.74, 6) is 0.281. The lowest BCUT2D eigenvalue weighted by molar-refractivity contribution is 0.477. The van der Waals surface area contributed by atoms with Crippen LogP contribution in [0.1, 0.15) is 5.56 Å². The molecule has 41 heavy (non-hydrogen) atoms. The van der Waals surface area contributed by atoms with Gasteiger partial charge in [-0.1, -0.05) is 122 Å². The van der Waals surface area contributed by atoms with Crippen LogP contribution in [-0.2, 0) is 0 Å². The lowest BCUT2D eigenvalue weighted by Gasteiger charge is -2.10. The summed E-state index contributed by atoms with van der Waals surface area (Å²) in [6.45, 7) is 3.94. The maximum Gasteiger partial charge on any atom is 0.123 e. The molecule has 1 heterocycles. The van der Waals surface area contributed by atoms with E-state index in [-0.39, 0.29) is 5.75 Å². The fourth-order valence-corrected chi connectivity index (χ4v) is 5.09. The molecule has 0 aliphatic rings. The number of anilines is 2. The fraction of sp³-hybridized carbons (Fsp3) is 0. The number of aromatic hydroxyl groups is 1. The average Bonchev–Trinajstić information content (AvgIpc) is 3.42. The van der Waals surface area contributed by atoms with Gasteiger partial charge in [-0.05, 0) is 58.7 Å². The molecule has 0 saturated heterocycles. The number of para-hydroxylation sites is 2. The molecule has 3 nitrogen and oxygen atoms in total. The molecule has 6 aromatic carbocycles. The number of phenolic OH excluding ortho intramolecular Hbond substituents is 1. The van der Waals surface area contributed by atoms with Crippen molar-refractivity contribution in [3.63, 3.8) is 0 Å². The Morgan fingerprint density at radius 1 is 0.561 bits per heavy atom. The SMILES string of the molecule is C=Cc1ccccc1Nc1cccc2c1[nH]c1ccc(-c3ccc(O)c(-c4ccccc4)c3)cc12.c1ccccc1. The maximum absolute atomic E-state index is 10.5. The molecular formula is C38H30N2O. The zero-order valence-electron chi connectivity index (χ0n) is 22.6. The monoisotopic (exact) mass is 530 g/mol. The van der Waals surface area contributed by atoms with Crippen molar-refractivity contribution < 1.29 is 5.11 Å². The van der Waals surface area contributed by atoms with Crippen molar-refractivity contribution in [3.05, 3.63) is 158 Å². The highest BCUT2D eigenvalue weighted by atomic mass is 16.3. The van der Waals surface area contributed by atoms with Crippen LogP contribution < -0.4 is 5.32 Å². The first-order chi connectivity index (χ1) is 20.2. The number of fused-ring (bicyclic) bond motifs is 3. The van der Waals surface area contributed by atoms with Crippen molar-refractivity contribution in [2.75, 3.05) is 5.32 Å². The Morgan fingerprint density at radius 2 is 1.20 bits per heavy atom. The van der Waals surface area contributed by atoms with Crippen LogP contribution in [0.2, 0.25) is 0 Å². The van der Waals surface area contributed by atoms with Crippen LogP contribution in [0.3, 0.4) is 0 Å². The molecule has 198 valence electrons. The van der Waals surface area contributed by atoms with Gasteiger partial charge in [-0.15, -0.1) is 0 Å². The van der Waals surface area contributed by atoms with Gasteiger partial charge in [0, 0.05) is 27.5 Å². The predicted molar refractivity (Wildman–Crippen MR) is 175 cm³/mol. The van der Waals surface area contributed by atoms with Gasteiger partial charge in [0.1, 0.15) is 5.75 Å². The van der Waals surface area contributed by atoms with Gasteiger partial charge in [-0.25, -0.2) is 0 Å². The summed E-state index contributed by atoms with van der Waals surface area (Å²) < 4.78 is 0. The van der Waals surface area contributed by atoms with E-state index in [2.05, 4.69) is 65.4 Å². The van der Waals surface area contributed by atoms with Crippen LogP contribution in [0, 0.1) is 0 Å². The molecule has 0 unspecified atom stereocenters. The van der Waals surface area contributed by atoms with E-state index in [1.807, 2.05) is 97.1 Å². The number of aromatic amines is 1. The van der Waals surface area contributed by atoms with Gasteiger partial charge >= 0.3 is 0 Å². The molecule has 7 aromatic rings. The third-order valence-electron chi connectivity index (χ3n) is 7.17. The first-order valence-electron chi connectivity index (χ1n) is 13.6. The minimum absolute atomic E-state index is 0.281. The molecule has 0 spiro atoms. The van der Waals surface area contributed by atoms with E-state index in [0.29, 0.717) is 0 Å². The fourth-order valence-electron chi connectivity index (χ4n) is 5.09. The first kappa shape index (κ1) is 25.7. The molecule has 3 N–H and O–H groups in total. The predicted octanol–water partition coefficient (Wildman–Crippen LogP) is 10.4. The number of H-pyrrole nitrogens is 1. The van der Waals surface area contributed by atoms with E-state index in [4.69, 9.17) is 0 Å². The number of nitrogens with one attached hydrogen (secondary N) is 2. The molecule has 0 aliphatic heterocycles. The van der Waals surface area contributed by atoms with Crippen LogP contribution in [0.25, 0.3) is 50.1 Å². The zero-order chi connectivity index (χ0) is 28.0. The van der Waals surface area contributed by atoms with Crippen LogP contribution >= 0.6 is 0 Å². The Bertz CT molecular complexity index is 1910. The maximum atomic E-state index is 10.5. The summed E-state index contributed by atoms with van der Waals surface area (Å²) in [6, 6.07) is 48.7. The number of rotatable bonds is 5. The van der Waals surface area contributed by atoms with Crippen LogP contribution in [0.15, 0.2) is 152 Å². The van der Waals surface area contributed by atoms with Crippen LogP contribution in [0.4, 0.5) is 11.4 Å². The van der Waals surface area contributed by atoms with Crippen molar-refractivity contribution >= 4 is 39.3 Å². The van der Waals surface area contributed by atoms with E-state index in [9.17, 15) is 5.11 Å². The van der Waals surface area contributed by atoms with Crippen molar-refractivity contribution in [1.29, 1.82) is 0 Å². The van der Waals surface area contributed by atoms with Gasteiger partial charge in [-0.3, -0.25) is 0 Å². The summed E-state index contributed by atoms with van der Waals surface area (Å²) in [4.78, 5) is 3.60. The minimum atomic E-state index is 0.281. The topological polar surface area (TPSA) is 48.0 Å². The molecule has 3 heteroatoms. The Morgan fingerprint density at radius 3 is 1.95 bits per heavy atom. The van der Waals surface area contributed by atoms with E-state index in [0.717, 1.165) is 61.0 Å². The average molecular weight is 531 g/mol. The summed E-state index contributed by atoms with van der Waals surface area (Å²) >= 11 is 0. The van der Waals surface area contributed by atoms with E-state index in [1.165, 1.54) is 0 Å². The quantitative estimate of drug-likeness (QED) is 0.207. The highest BCUT2D eigenvalue weighted by Crippen LogP contribution is 2.37. The number of aromatic nitrogens is 1. The van der Waals surface area contributed by atoms with Gasteiger partial charge < -0.3 is 15.4 Å². The first-order valence-corrected chi connectivity index (χ1v) is 13.6. The largest absolute Gasteiger partial charge is 0.507 e.